The van der Waals surface area contributed by atoms with Crippen molar-refractivity contribution in [1.29, 1.82) is 0 Å². The molecule has 0 spiro atoms. The van der Waals surface area contributed by atoms with Gasteiger partial charge in [-0.25, -0.2) is 13.1 Å². The monoisotopic (exact) mass is 467 g/mol. The summed E-state index contributed by atoms with van der Waals surface area (Å²) in [6.07, 6.45) is 0.798. The maximum absolute atomic E-state index is 12.6. The fraction of sp³-hybridized carbons (Fsp3) is 0.421. The first-order valence-corrected chi connectivity index (χ1v) is 12.0. The molecule has 1 aromatic heterocycles. The van der Waals surface area contributed by atoms with Crippen LogP contribution in [0.4, 0.5) is 11.4 Å². The Morgan fingerprint density at radius 2 is 2.10 bits per heavy atom. The average Bonchev–Trinajstić information content (AvgIpc) is 3.19. The lowest BCUT2D eigenvalue weighted by Crippen LogP contribution is -2.38. The Kier molecular flexibility index (Phi) is 7.26. The molecule has 31 heavy (non-hydrogen) atoms. The van der Waals surface area contributed by atoms with Crippen LogP contribution in [0.5, 0.6) is 0 Å². The minimum atomic E-state index is -3.88. The third-order valence-electron chi connectivity index (χ3n) is 4.92. The largest absolute Gasteiger partial charge is 0.371 e. The molecular formula is C19H25N5O5S2. The van der Waals surface area contributed by atoms with Gasteiger partial charge in [-0.05, 0) is 49.7 Å². The van der Waals surface area contributed by atoms with Crippen LogP contribution in [0.1, 0.15) is 10.4 Å². The van der Waals surface area contributed by atoms with Gasteiger partial charge in [-0.1, -0.05) is 0 Å². The molecule has 2 aromatic rings. The summed E-state index contributed by atoms with van der Waals surface area (Å²) < 4.78 is 27.3. The molecule has 0 unspecified atom stereocenters. The number of anilines is 1. The number of carbonyl (C=O) groups excluding carboxylic acids is 1. The first-order valence-electron chi connectivity index (χ1n) is 9.67. The Morgan fingerprint density at radius 1 is 1.32 bits per heavy atom. The Balaban J connectivity index is 1.67. The number of nitrogens with one attached hydrogen (secondary N) is 2. The van der Waals surface area contributed by atoms with E-state index in [2.05, 4.69) is 10.0 Å². The van der Waals surface area contributed by atoms with Crippen LogP contribution in [0.25, 0.3) is 0 Å². The van der Waals surface area contributed by atoms with Crippen molar-refractivity contribution in [3.63, 3.8) is 0 Å². The number of nitro groups is 1. The van der Waals surface area contributed by atoms with Gasteiger partial charge in [0.25, 0.3) is 5.69 Å². The summed E-state index contributed by atoms with van der Waals surface area (Å²) >= 11 is 1.68. The highest BCUT2D eigenvalue weighted by Crippen LogP contribution is 2.28. The first-order chi connectivity index (χ1) is 14.7. The number of carbonyl (C=O) groups is 1. The molecule has 1 aliphatic rings. The van der Waals surface area contributed by atoms with Crippen molar-refractivity contribution in [2.75, 3.05) is 45.6 Å². The number of hydrogen-bond donors (Lipinski definition) is 2. The number of hydrogen-bond acceptors (Lipinski definition) is 8. The number of benzene rings is 1. The second-order valence-corrected chi connectivity index (χ2v) is 10.2. The van der Waals surface area contributed by atoms with E-state index in [1.54, 1.807) is 16.2 Å². The number of nitro benzene ring substituents is 1. The molecular weight excluding hydrogens is 442 g/mol. The van der Waals surface area contributed by atoms with Gasteiger partial charge in [-0.2, -0.15) is 0 Å². The van der Waals surface area contributed by atoms with E-state index in [-0.39, 0.29) is 29.6 Å². The van der Waals surface area contributed by atoms with Gasteiger partial charge in [0, 0.05) is 37.1 Å². The predicted molar refractivity (Wildman–Crippen MR) is 119 cm³/mol. The molecule has 1 aromatic carbocycles. The summed E-state index contributed by atoms with van der Waals surface area (Å²) in [7, 11) is -0.264. The molecule has 3 rings (SSSR count). The smallest absolute Gasteiger partial charge is 0.293 e. The van der Waals surface area contributed by atoms with Crippen LogP contribution in [0.3, 0.4) is 0 Å². The van der Waals surface area contributed by atoms with Gasteiger partial charge >= 0.3 is 0 Å². The van der Waals surface area contributed by atoms with E-state index in [4.69, 9.17) is 0 Å². The number of likely N-dealkylation sites (N-methyl/N-ethyl adjacent to an activating group) is 1. The van der Waals surface area contributed by atoms with Crippen molar-refractivity contribution in [2.24, 2.45) is 0 Å². The second-order valence-electron chi connectivity index (χ2n) is 7.42. The minimum Gasteiger partial charge on any atom is -0.371 e. The van der Waals surface area contributed by atoms with Crippen LogP contribution < -0.4 is 10.0 Å². The molecule has 12 heteroatoms. The second kappa shape index (κ2) is 9.73. The fourth-order valence-corrected chi connectivity index (χ4v) is 5.14. The summed E-state index contributed by atoms with van der Waals surface area (Å²) in [5.41, 5.74) is 0.827. The zero-order chi connectivity index (χ0) is 22.6. The van der Waals surface area contributed by atoms with Crippen molar-refractivity contribution in [3.05, 3.63) is 50.2 Å². The van der Waals surface area contributed by atoms with E-state index in [9.17, 15) is 23.3 Å². The van der Waals surface area contributed by atoms with Crippen molar-refractivity contribution in [3.8, 4) is 0 Å². The zero-order valence-electron chi connectivity index (χ0n) is 17.3. The first kappa shape index (κ1) is 23.1. The van der Waals surface area contributed by atoms with Gasteiger partial charge in [0.05, 0.1) is 16.4 Å². The quantitative estimate of drug-likeness (QED) is 0.423. The molecule has 0 saturated heterocycles. The highest BCUT2D eigenvalue weighted by Gasteiger charge is 2.24. The van der Waals surface area contributed by atoms with Gasteiger partial charge in [0.1, 0.15) is 5.69 Å². The fourth-order valence-electron chi connectivity index (χ4n) is 3.21. The van der Waals surface area contributed by atoms with E-state index < -0.39 is 20.6 Å². The summed E-state index contributed by atoms with van der Waals surface area (Å²) in [6, 6.07) is 5.61. The predicted octanol–water partition coefficient (Wildman–Crippen LogP) is 1.49. The van der Waals surface area contributed by atoms with Gasteiger partial charge in [0.15, 0.2) is 0 Å². The Hall–Kier alpha value is -2.54. The van der Waals surface area contributed by atoms with Gasteiger partial charge in [0.2, 0.25) is 15.9 Å². The number of sulfonamides is 1. The molecule has 0 fully saturated rings. The van der Waals surface area contributed by atoms with E-state index >= 15 is 0 Å². The Labute approximate surface area is 185 Å². The molecule has 168 valence electrons. The van der Waals surface area contributed by atoms with E-state index in [1.165, 1.54) is 17.0 Å². The molecule has 0 radical (unpaired) electrons. The maximum atomic E-state index is 12.6. The van der Waals surface area contributed by atoms with Crippen molar-refractivity contribution in [1.82, 2.24) is 14.5 Å². The SMILES string of the molecule is CN(C)CCNS(=O)(=O)c1ccc(NCC(=O)N2CCc3sccc3C2)c([N+](=O)[O-])c1. The van der Waals surface area contributed by atoms with Crippen LogP contribution in [0, 0.1) is 10.1 Å². The molecule has 1 aliphatic heterocycles. The zero-order valence-corrected chi connectivity index (χ0v) is 19.0. The molecule has 1 amide bonds. The van der Waals surface area contributed by atoms with Crippen LogP contribution in [-0.2, 0) is 27.8 Å². The number of amides is 1. The van der Waals surface area contributed by atoms with Gasteiger partial charge in [-0.15, -0.1) is 11.3 Å². The van der Waals surface area contributed by atoms with Crippen molar-refractivity contribution >= 4 is 38.6 Å². The van der Waals surface area contributed by atoms with Crippen LogP contribution in [0.15, 0.2) is 34.5 Å². The van der Waals surface area contributed by atoms with Crippen LogP contribution >= 0.6 is 11.3 Å². The Bertz CT molecular complexity index is 1070. The lowest BCUT2D eigenvalue weighted by molar-refractivity contribution is -0.384. The number of fused-ring (bicyclic) bond motifs is 1. The standard InChI is InChI=1S/C19H25N5O5S2/c1-22(2)9-7-21-31(28,29)15-3-4-16(17(11-15)24(26)27)20-12-19(25)23-8-5-18-14(13-23)6-10-30-18/h3-4,6,10-11,20-21H,5,7-9,12-13H2,1-2H3. The molecule has 10 nitrogen and oxygen atoms in total. The van der Waals surface area contributed by atoms with Crippen molar-refractivity contribution in [2.45, 2.75) is 17.9 Å². The topological polar surface area (TPSA) is 125 Å². The molecule has 0 atom stereocenters. The number of rotatable bonds is 9. The van der Waals surface area contributed by atoms with Gasteiger partial charge < -0.3 is 15.1 Å². The van der Waals surface area contributed by atoms with Crippen LogP contribution in [-0.4, -0.2) is 69.3 Å². The van der Waals surface area contributed by atoms with Gasteiger partial charge in [-0.3, -0.25) is 14.9 Å². The normalized spacial score (nSPS) is 13.8. The number of thiophene rings is 1. The minimum absolute atomic E-state index is 0.0961. The summed E-state index contributed by atoms with van der Waals surface area (Å²) in [6.45, 7) is 1.68. The van der Waals surface area contributed by atoms with E-state index in [1.807, 2.05) is 30.4 Å². The molecule has 2 heterocycles. The molecule has 0 bridgehead atoms. The van der Waals surface area contributed by atoms with E-state index in [0.717, 1.165) is 18.1 Å². The molecule has 0 saturated carbocycles. The third kappa shape index (κ3) is 5.79. The average molecular weight is 468 g/mol. The van der Waals surface area contributed by atoms with Crippen molar-refractivity contribution < 1.29 is 18.1 Å². The lowest BCUT2D eigenvalue weighted by atomic mass is 10.1. The highest BCUT2D eigenvalue weighted by atomic mass is 32.2. The third-order valence-corrected chi connectivity index (χ3v) is 7.40. The summed E-state index contributed by atoms with van der Waals surface area (Å²) in [4.78, 5) is 28.0. The summed E-state index contributed by atoms with van der Waals surface area (Å²) in [5, 5.41) is 16.3. The molecule has 0 aliphatic carbocycles. The number of nitrogens with zero attached hydrogens (tertiary/aromatic N) is 3. The van der Waals surface area contributed by atoms with E-state index in [0.29, 0.717) is 19.6 Å². The maximum Gasteiger partial charge on any atom is 0.293 e. The molecule has 2 N–H and O–H groups in total. The lowest BCUT2D eigenvalue weighted by Gasteiger charge is -2.27. The summed E-state index contributed by atoms with van der Waals surface area (Å²) in [5.74, 6) is -0.173. The Morgan fingerprint density at radius 3 is 2.81 bits per heavy atom. The highest BCUT2D eigenvalue weighted by molar-refractivity contribution is 7.89. The van der Waals surface area contributed by atoms with Crippen LogP contribution in [0.2, 0.25) is 0 Å².